The lowest BCUT2D eigenvalue weighted by atomic mass is 9.87. The summed E-state index contributed by atoms with van der Waals surface area (Å²) in [6, 6.07) is 6.14. The van der Waals surface area contributed by atoms with Crippen LogP contribution in [0.1, 0.15) is 23.5 Å². The molecule has 106 valence electrons. The molecule has 0 amide bonds. The summed E-state index contributed by atoms with van der Waals surface area (Å²) >= 11 is 0. The molecule has 1 unspecified atom stereocenters. The highest BCUT2D eigenvalue weighted by Gasteiger charge is 2.16. The van der Waals surface area contributed by atoms with E-state index < -0.39 is 5.97 Å². The highest BCUT2D eigenvalue weighted by Crippen LogP contribution is 2.30. The van der Waals surface area contributed by atoms with Crippen molar-refractivity contribution in [2.24, 2.45) is 0 Å². The van der Waals surface area contributed by atoms with Gasteiger partial charge in [0.2, 0.25) is 0 Å². The molecule has 5 heteroatoms. The van der Waals surface area contributed by atoms with Gasteiger partial charge in [0.1, 0.15) is 12.7 Å². The van der Waals surface area contributed by atoms with Gasteiger partial charge in [0, 0.05) is 5.92 Å². The lowest BCUT2D eigenvalue weighted by Crippen LogP contribution is -2.06. The van der Waals surface area contributed by atoms with Crippen LogP contribution in [0.15, 0.2) is 54.7 Å². The molecule has 0 spiro atoms. The van der Waals surface area contributed by atoms with E-state index in [2.05, 4.69) is 29.1 Å². The number of hydrogen-bond donors (Lipinski definition) is 1. The highest BCUT2D eigenvalue weighted by atomic mass is 16.4. The van der Waals surface area contributed by atoms with Gasteiger partial charge in [-0.1, -0.05) is 24.3 Å². The number of aliphatic carboxylic acids is 1. The first-order valence-electron chi connectivity index (χ1n) is 6.72. The molecule has 1 N–H and O–H groups in total. The van der Waals surface area contributed by atoms with Gasteiger partial charge >= 0.3 is 5.97 Å². The second-order valence-corrected chi connectivity index (χ2v) is 5.05. The molecular weight excluding hydrogens is 266 g/mol. The standard InChI is InChI=1S/C16H15N3O2/c1-11-8-14(19-10-17-9-18-19)6-7-15(11)12-2-4-13(5-3-12)16(20)21/h2,4-10,12H,3H2,1H3,(H,20,21). The van der Waals surface area contributed by atoms with Crippen LogP contribution in [0, 0.1) is 6.92 Å². The van der Waals surface area contributed by atoms with E-state index in [9.17, 15) is 4.79 Å². The van der Waals surface area contributed by atoms with Crippen LogP contribution in [0.2, 0.25) is 0 Å². The second kappa shape index (κ2) is 5.36. The molecule has 1 aliphatic carbocycles. The summed E-state index contributed by atoms with van der Waals surface area (Å²) in [4.78, 5) is 14.8. The van der Waals surface area contributed by atoms with E-state index in [-0.39, 0.29) is 5.92 Å². The van der Waals surface area contributed by atoms with Gasteiger partial charge in [0.25, 0.3) is 0 Å². The third-order valence-corrected chi connectivity index (χ3v) is 3.68. The Hall–Kier alpha value is -2.69. The Bertz CT molecular complexity index is 730. The summed E-state index contributed by atoms with van der Waals surface area (Å²) in [5.74, 6) is -0.652. The lowest BCUT2D eigenvalue weighted by Gasteiger charge is -2.18. The van der Waals surface area contributed by atoms with Crippen molar-refractivity contribution in [1.29, 1.82) is 0 Å². The molecule has 0 fully saturated rings. The lowest BCUT2D eigenvalue weighted by molar-refractivity contribution is -0.132. The Labute approximate surface area is 122 Å². The Morgan fingerprint density at radius 3 is 2.86 bits per heavy atom. The van der Waals surface area contributed by atoms with Crippen molar-refractivity contribution < 1.29 is 9.90 Å². The molecule has 1 aliphatic rings. The maximum Gasteiger partial charge on any atom is 0.335 e. The van der Waals surface area contributed by atoms with Crippen molar-refractivity contribution >= 4 is 5.97 Å². The molecule has 0 saturated heterocycles. The molecule has 3 rings (SSSR count). The van der Waals surface area contributed by atoms with Crippen molar-refractivity contribution in [2.75, 3.05) is 0 Å². The van der Waals surface area contributed by atoms with Crippen molar-refractivity contribution in [3.05, 3.63) is 65.8 Å². The minimum absolute atomic E-state index is 0.220. The van der Waals surface area contributed by atoms with E-state index >= 15 is 0 Å². The van der Waals surface area contributed by atoms with Crippen LogP contribution in [-0.2, 0) is 4.79 Å². The van der Waals surface area contributed by atoms with Crippen LogP contribution in [-0.4, -0.2) is 25.8 Å². The molecule has 21 heavy (non-hydrogen) atoms. The third-order valence-electron chi connectivity index (χ3n) is 3.68. The fourth-order valence-corrected chi connectivity index (χ4v) is 2.57. The molecule has 1 heterocycles. The van der Waals surface area contributed by atoms with Gasteiger partial charge in [-0.3, -0.25) is 0 Å². The zero-order valence-electron chi connectivity index (χ0n) is 11.6. The number of carboxylic acids is 1. The number of nitrogens with zero attached hydrogens (tertiary/aromatic N) is 3. The van der Waals surface area contributed by atoms with Crippen LogP contribution < -0.4 is 0 Å². The zero-order chi connectivity index (χ0) is 14.8. The minimum Gasteiger partial charge on any atom is -0.478 e. The summed E-state index contributed by atoms with van der Waals surface area (Å²) in [5.41, 5.74) is 3.69. The summed E-state index contributed by atoms with van der Waals surface area (Å²) < 4.78 is 1.72. The number of carboxylic acid groups (broad SMARTS) is 1. The van der Waals surface area contributed by atoms with Crippen LogP contribution in [0.5, 0.6) is 0 Å². The van der Waals surface area contributed by atoms with E-state index in [0.29, 0.717) is 12.0 Å². The van der Waals surface area contributed by atoms with E-state index in [0.717, 1.165) is 11.3 Å². The number of rotatable bonds is 3. The Morgan fingerprint density at radius 1 is 1.43 bits per heavy atom. The first kappa shape index (κ1) is 13.3. The SMILES string of the molecule is Cc1cc(-n2cncn2)ccc1C1C=CC(C(=O)O)=CC1. The maximum absolute atomic E-state index is 10.9. The van der Waals surface area contributed by atoms with E-state index in [1.807, 2.05) is 12.1 Å². The van der Waals surface area contributed by atoms with E-state index in [1.165, 1.54) is 11.9 Å². The van der Waals surface area contributed by atoms with Crippen molar-refractivity contribution in [3.63, 3.8) is 0 Å². The fraction of sp³-hybridized carbons (Fsp3) is 0.188. The molecule has 5 nitrogen and oxygen atoms in total. The van der Waals surface area contributed by atoms with Crippen LogP contribution in [0.25, 0.3) is 5.69 Å². The molecule has 0 bridgehead atoms. The summed E-state index contributed by atoms with van der Waals surface area (Å²) in [7, 11) is 0. The number of allylic oxidation sites excluding steroid dienone is 2. The number of carbonyl (C=O) groups is 1. The predicted octanol–water partition coefficient (Wildman–Crippen LogP) is 2.63. The molecular formula is C16H15N3O2. The average molecular weight is 281 g/mol. The summed E-state index contributed by atoms with van der Waals surface area (Å²) in [5, 5.41) is 13.1. The first-order chi connectivity index (χ1) is 10.1. The van der Waals surface area contributed by atoms with Crippen LogP contribution in [0.4, 0.5) is 0 Å². The van der Waals surface area contributed by atoms with Gasteiger partial charge in [-0.15, -0.1) is 0 Å². The zero-order valence-corrected chi connectivity index (χ0v) is 11.6. The smallest absolute Gasteiger partial charge is 0.335 e. The molecule has 2 aromatic rings. The first-order valence-corrected chi connectivity index (χ1v) is 6.72. The van der Waals surface area contributed by atoms with Gasteiger partial charge in [-0.2, -0.15) is 5.10 Å². The normalized spacial score (nSPS) is 17.6. The summed E-state index contributed by atoms with van der Waals surface area (Å²) in [6.45, 7) is 2.06. The van der Waals surface area contributed by atoms with Gasteiger partial charge in [-0.05, 0) is 36.6 Å². The van der Waals surface area contributed by atoms with Gasteiger partial charge in [0.05, 0.1) is 11.3 Å². The largest absolute Gasteiger partial charge is 0.478 e. The van der Waals surface area contributed by atoms with Crippen LogP contribution in [0.3, 0.4) is 0 Å². The fourth-order valence-electron chi connectivity index (χ4n) is 2.57. The number of aromatic nitrogens is 3. The Kier molecular flexibility index (Phi) is 3.39. The maximum atomic E-state index is 10.9. The van der Waals surface area contributed by atoms with E-state index in [4.69, 9.17) is 5.11 Å². The number of aryl methyl sites for hydroxylation is 1. The highest BCUT2D eigenvalue weighted by molar-refractivity contribution is 5.90. The van der Waals surface area contributed by atoms with Gasteiger partial charge in [-0.25, -0.2) is 14.5 Å². The molecule has 1 aromatic heterocycles. The van der Waals surface area contributed by atoms with Gasteiger partial charge < -0.3 is 5.11 Å². The molecule has 0 radical (unpaired) electrons. The van der Waals surface area contributed by atoms with E-state index in [1.54, 1.807) is 23.2 Å². The minimum atomic E-state index is -0.872. The molecule has 0 aliphatic heterocycles. The summed E-state index contributed by atoms with van der Waals surface area (Å²) in [6.07, 6.45) is 9.30. The molecule has 1 atom stereocenters. The predicted molar refractivity (Wildman–Crippen MR) is 78.3 cm³/mol. The molecule has 0 saturated carbocycles. The second-order valence-electron chi connectivity index (χ2n) is 5.05. The third kappa shape index (κ3) is 2.63. The number of benzene rings is 1. The van der Waals surface area contributed by atoms with Gasteiger partial charge in [0.15, 0.2) is 0 Å². The Balaban J connectivity index is 1.85. The Morgan fingerprint density at radius 2 is 2.29 bits per heavy atom. The number of hydrogen-bond acceptors (Lipinski definition) is 3. The van der Waals surface area contributed by atoms with Crippen LogP contribution >= 0.6 is 0 Å². The monoisotopic (exact) mass is 281 g/mol. The average Bonchev–Trinajstić information content (AvgIpc) is 3.01. The van der Waals surface area contributed by atoms with Crippen molar-refractivity contribution in [2.45, 2.75) is 19.3 Å². The van der Waals surface area contributed by atoms with Crippen molar-refractivity contribution in [1.82, 2.24) is 14.8 Å². The molecule has 1 aromatic carbocycles. The quantitative estimate of drug-likeness (QED) is 0.939. The topological polar surface area (TPSA) is 68.0 Å². The van der Waals surface area contributed by atoms with Crippen molar-refractivity contribution in [3.8, 4) is 5.69 Å².